The van der Waals surface area contributed by atoms with Crippen molar-refractivity contribution in [2.45, 2.75) is 6.42 Å². The van der Waals surface area contributed by atoms with Gasteiger partial charge >= 0.3 is 0 Å². The monoisotopic (exact) mass is 400 g/mol. The minimum atomic E-state index is -0.342. The summed E-state index contributed by atoms with van der Waals surface area (Å²) >= 11 is 0. The lowest BCUT2D eigenvalue weighted by Crippen LogP contribution is -2.35. The van der Waals surface area contributed by atoms with Crippen molar-refractivity contribution in [1.82, 2.24) is 10.6 Å². The molecule has 3 rings (SSSR count). The molecule has 30 heavy (non-hydrogen) atoms. The minimum Gasteiger partial charge on any atom is -0.497 e. The van der Waals surface area contributed by atoms with Gasteiger partial charge in [-0.2, -0.15) is 0 Å². The van der Waals surface area contributed by atoms with Crippen LogP contribution in [0.4, 0.5) is 0 Å². The van der Waals surface area contributed by atoms with Crippen LogP contribution in [0.5, 0.6) is 5.75 Å². The lowest BCUT2D eigenvalue weighted by Gasteiger charge is -2.11. The number of rotatable bonds is 8. The fourth-order valence-corrected chi connectivity index (χ4v) is 2.87. The maximum Gasteiger partial charge on any atom is 0.267 e. The van der Waals surface area contributed by atoms with Gasteiger partial charge in [0.25, 0.3) is 11.8 Å². The number of ether oxygens (including phenoxy) is 1. The number of methoxy groups -OCH3 is 1. The molecule has 0 fully saturated rings. The number of hydrogen-bond acceptors (Lipinski definition) is 3. The van der Waals surface area contributed by atoms with Gasteiger partial charge in [-0.05, 0) is 47.9 Å². The van der Waals surface area contributed by atoms with Crippen molar-refractivity contribution in [3.05, 3.63) is 107 Å². The van der Waals surface area contributed by atoms with Crippen molar-refractivity contribution in [3.63, 3.8) is 0 Å². The molecule has 152 valence electrons. The number of hydrogen-bond donors (Lipinski definition) is 2. The summed E-state index contributed by atoms with van der Waals surface area (Å²) in [6, 6.07) is 26.0. The summed E-state index contributed by atoms with van der Waals surface area (Å²) in [6.45, 7) is 0.462. The van der Waals surface area contributed by atoms with Crippen LogP contribution in [0.2, 0.25) is 0 Å². The quantitative estimate of drug-likeness (QED) is 0.565. The molecule has 0 spiro atoms. The van der Waals surface area contributed by atoms with E-state index in [0.717, 1.165) is 11.1 Å². The predicted octanol–water partition coefficient (Wildman–Crippen LogP) is 3.83. The molecule has 3 aromatic rings. The van der Waals surface area contributed by atoms with Crippen LogP contribution in [0.25, 0.3) is 6.08 Å². The van der Waals surface area contributed by atoms with Crippen LogP contribution in [0.1, 0.15) is 21.5 Å². The van der Waals surface area contributed by atoms with Crippen LogP contribution >= 0.6 is 0 Å². The molecular formula is C25H24N2O3. The molecule has 0 unspecified atom stereocenters. The molecule has 0 saturated carbocycles. The highest BCUT2D eigenvalue weighted by atomic mass is 16.5. The van der Waals surface area contributed by atoms with Crippen molar-refractivity contribution in [2.24, 2.45) is 0 Å². The topological polar surface area (TPSA) is 67.4 Å². The van der Waals surface area contributed by atoms with Gasteiger partial charge in [0.2, 0.25) is 0 Å². The maximum absolute atomic E-state index is 12.8. The van der Waals surface area contributed by atoms with Crippen LogP contribution < -0.4 is 15.4 Å². The summed E-state index contributed by atoms with van der Waals surface area (Å²) in [7, 11) is 1.59. The third kappa shape index (κ3) is 6.07. The van der Waals surface area contributed by atoms with E-state index in [2.05, 4.69) is 10.6 Å². The van der Waals surface area contributed by atoms with Gasteiger partial charge in [-0.3, -0.25) is 9.59 Å². The molecule has 0 aromatic heterocycles. The molecule has 0 atom stereocenters. The highest BCUT2D eigenvalue weighted by Gasteiger charge is 2.14. The molecule has 2 N–H and O–H groups in total. The number of benzene rings is 3. The Morgan fingerprint density at radius 1 is 0.867 bits per heavy atom. The Morgan fingerprint density at radius 2 is 1.50 bits per heavy atom. The van der Waals surface area contributed by atoms with Crippen LogP contribution in [0.15, 0.2) is 90.6 Å². The van der Waals surface area contributed by atoms with Gasteiger partial charge in [-0.25, -0.2) is 0 Å². The van der Waals surface area contributed by atoms with Gasteiger partial charge in [0.15, 0.2) is 0 Å². The van der Waals surface area contributed by atoms with Gasteiger partial charge in [-0.15, -0.1) is 0 Å². The van der Waals surface area contributed by atoms with Crippen LogP contribution in [0, 0.1) is 0 Å². The molecule has 2 amide bonds. The molecule has 0 heterocycles. The van der Waals surface area contributed by atoms with Crippen molar-refractivity contribution in [1.29, 1.82) is 0 Å². The molecule has 0 saturated heterocycles. The highest BCUT2D eigenvalue weighted by molar-refractivity contribution is 6.05. The maximum atomic E-state index is 12.8. The number of nitrogens with one attached hydrogen (secondary N) is 2. The van der Waals surface area contributed by atoms with Gasteiger partial charge in [0.05, 0.1) is 7.11 Å². The molecule has 3 aromatic carbocycles. The third-order valence-corrected chi connectivity index (χ3v) is 4.50. The summed E-state index contributed by atoms with van der Waals surface area (Å²) in [6.07, 6.45) is 2.35. The van der Waals surface area contributed by atoms with E-state index >= 15 is 0 Å². The second kappa shape index (κ2) is 10.6. The molecule has 0 bridgehead atoms. The zero-order valence-corrected chi connectivity index (χ0v) is 16.8. The van der Waals surface area contributed by atoms with Gasteiger partial charge in [0.1, 0.15) is 11.4 Å². The van der Waals surface area contributed by atoms with E-state index in [9.17, 15) is 9.59 Å². The first-order chi connectivity index (χ1) is 14.7. The molecular weight excluding hydrogens is 376 g/mol. The smallest absolute Gasteiger partial charge is 0.267 e. The first kappa shape index (κ1) is 20.9. The Kier molecular flexibility index (Phi) is 7.39. The Morgan fingerprint density at radius 3 is 2.13 bits per heavy atom. The average Bonchev–Trinajstić information content (AvgIpc) is 2.80. The third-order valence-electron chi connectivity index (χ3n) is 4.50. The fourth-order valence-electron chi connectivity index (χ4n) is 2.87. The summed E-state index contributed by atoms with van der Waals surface area (Å²) in [5.41, 5.74) is 2.57. The Balaban J connectivity index is 1.74. The highest BCUT2D eigenvalue weighted by Crippen LogP contribution is 2.14. The SMILES string of the molecule is COc1ccc(/C=C(\NC(=O)c2ccccc2)C(=O)NCCc2ccccc2)cc1. The van der Waals surface area contributed by atoms with Gasteiger partial charge < -0.3 is 15.4 Å². The molecule has 0 aliphatic rings. The van der Waals surface area contributed by atoms with Crippen LogP contribution in [-0.4, -0.2) is 25.5 Å². The normalized spacial score (nSPS) is 10.9. The Hall–Kier alpha value is -3.86. The molecule has 5 heteroatoms. The zero-order chi connectivity index (χ0) is 21.2. The zero-order valence-electron chi connectivity index (χ0n) is 16.8. The summed E-state index contributed by atoms with van der Waals surface area (Å²) < 4.78 is 5.17. The van der Waals surface area contributed by atoms with E-state index in [0.29, 0.717) is 24.3 Å². The molecule has 0 aliphatic carbocycles. The first-order valence-electron chi connectivity index (χ1n) is 9.70. The summed E-state index contributed by atoms with van der Waals surface area (Å²) in [4.78, 5) is 25.4. The largest absolute Gasteiger partial charge is 0.497 e. The van der Waals surface area contributed by atoms with E-state index in [-0.39, 0.29) is 17.5 Å². The lowest BCUT2D eigenvalue weighted by atomic mass is 10.1. The molecule has 0 radical (unpaired) electrons. The molecule has 0 aliphatic heterocycles. The number of carbonyl (C=O) groups is 2. The minimum absolute atomic E-state index is 0.182. The average molecular weight is 400 g/mol. The van der Waals surface area contributed by atoms with E-state index in [1.165, 1.54) is 0 Å². The standard InChI is InChI=1S/C25H24N2O3/c1-30-22-14-12-20(13-15-22)18-23(27-24(28)21-10-6-3-7-11-21)25(29)26-17-16-19-8-4-2-5-9-19/h2-15,18H,16-17H2,1H3,(H,26,29)(H,27,28)/b23-18-. The van der Waals surface area contributed by atoms with E-state index in [1.54, 1.807) is 49.6 Å². The Bertz CT molecular complexity index is 998. The van der Waals surface area contributed by atoms with Crippen molar-refractivity contribution >= 4 is 17.9 Å². The summed E-state index contributed by atoms with van der Waals surface area (Å²) in [5, 5.41) is 5.62. The van der Waals surface area contributed by atoms with Gasteiger partial charge in [0, 0.05) is 12.1 Å². The molecule has 5 nitrogen and oxygen atoms in total. The van der Waals surface area contributed by atoms with E-state index in [4.69, 9.17) is 4.74 Å². The lowest BCUT2D eigenvalue weighted by molar-refractivity contribution is -0.117. The first-order valence-corrected chi connectivity index (χ1v) is 9.70. The number of carbonyl (C=O) groups excluding carboxylic acids is 2. The number of amides is 2. The second-order valence-corrected chi connectivity index (χ2v) is 6.64. The predicted molar refractivity (Wildman–Crippen MR) is 118 cm³/mol. The van der Waals surface area contributed by atoms with E-state index < -0.39 is 0 Å². The van der Waals surface area contributed by atoms with Crippen LogP contribution in [-0.2, 0) is 11.2 Å². The summed E-state index contributed by atoms with van der Waals surface area (Å²) in [5.74, 6) is 0.0361. The van der Waals surface area contributed by atoms with Crippen molar-refractivity contribution in [2.75, 3.05) is 13.7 Å². The fraction of sp³-hybridized carbons (Fsp3) is 0.120. The Labute approximate surface area is 176 Å². The van der Waals surface area contributed by atoms with Crippen LogP contribution in [0.3, 0.4) is 0 Å². The van der Waals surface area contributed by atoms with Crippen molar-refractivity contribution < 1.29 is 14.3 Å². The second-order valence-electron chi connectivity index (χ2n) is 6.64. The van der Waals surface area contributed by atoms with Gasteiger partial charge in [-0.1, -0.05) is 60.7 Å². The van der Waals surface area contributed by atoms with Crippen molar-refractivity contribution in [3.8, 4) is 5.75 Å². The van der Waals surface area contributed by atoms with E-state index in [1.807, 2.05) is 48.5 Å².